The van der Waals surface area contributed by atoms with Crippen molar-refractivity contribution in [2.45, 2.75) is 13.3 Å². The first-order valence-corrected chi connectivity index (χ1v) is 6.33. The molecule has 0 bridgehead atoms. The van der Waals surface area contributed by atoms with Gasteiger partial charge in [-0.3, -0.25) is 0 Å². The van der Waals surface area contributed by atoms with Crippen molar-refractivity contribution in [2.24, 2.45) is 0 Å². The molecule has 20 heavy (non-hydrogen) atoms. The summed E-state index contributed by atoms with van der Waals surface area (Å²) in [5.74, 6) is 0.790. The maximum absolute atomic E-state index is 13.7. The summed E-state index contributed by atoms with van der Waals surface area (Å²) in [5, 5.41) is 8.67. The highest BCUT2D eigenvalue weighted by atomic mass is 19.1. The Morgan fingerprint density at radius 1 is 1.10 bits per heavy atom. The van der Waals surface area contributed by atoms with Gasteiger partial charge in [0.05, 0.1) is 18.2 Å². The molecule has 0 aromatic heterocycles. The van der Waals surface area contributed by atoms with Crippen LogP contribution in [0.25, 0.3) is 0 Å². The quantitative estimate of drug-likeness (QED) is 0.815. The van der Waals surface area contributed by atoms with Gasteiger partial charge in [-0.2, -0.15) is 5.26 Å². The van der Waals surface area contributed by atoms with Crippen LogP contribution >= 0.6 is 0 Å². The van der Waals surface area contributed by atoms with Crippen molar-refractivity contribution in [3.05, 3.63) is 53.8 Å². The zero-order valence-corrected chi connectivity index (χ0v) is 11.1. The Labute approximate surface area is 117 Å². The van der Waals surface area contributed by atoms with Crippen LogP contribution in [-0.4, -0.2) is 6.61 Å². The number of benzene rings is 2. The molecule has 3 nitrogen and oxygen atoms in total. The highest BCUT2D eigenvalue weighted by Gasteiger charge is 2.06. The van der Waals surface area contributed by atoms with Gasteiger partial charge in [0.2, 0.25) is 0 Å². The molecule has 0 aliphatic carbocycles. The van der Waals surface area contributed by atoms with Crippen molar-refractivity contribution in [3.8, 4) is 23.3 Å². The average molecular weight is 271 g/mol. The number of nitriles is 1. The van der Waals surface area contributed by atoms with E-state index in [0.29, 0.717) is 12.4 Å². The molecule has 2 aromatic carbocycles. The van der Waals surface area contributed by atoms with Gasteiger partial charge in [0.1, 0.15) is 11.5 Å². The van der Waals surface area contributed by atoms with Gasteiger partial charge in [0.25, 0.3) is 0 Å². The number of ether oxygens (including phenoxy) is 2. The van der Waals surface area contributed by atoms with Gasteiger partial charge in [0, 0.05) is 0 Å². The molecule has 0 atom stereocenters. The van der Waals surface area contributed by atoms with Crippen molar-refractivity contribution in [3.63, 3.8) is 0 Å². The summed E-state index contributed by atoms with van der Waals surface area (Å²) in [7, 11) is 0. The zero-order valence-electron chi connectivity index (χ0n) is 11.1. The van der Waals surface area contributed by atoms with E-state index in [1.807, 2.05) is 13.0 Å². The van der Waals surface area contributed by atoms with E-state index in [1.165, 1.54) is 12.1 Å². The molecule has 0 unspecified atom stereocenters. The van der Waals surface area contributed by atoms with Gasteiger partial charge in [-0.25, -0.2) is 4.39 Å². The van der Waals surface area contributed by atoms with E-state index >= 15 is 0 Å². The van der Waals surface area contributed by atoms with Crippen LogP contribution in [0.1, 0.15) is 18.9 Å². The minimum absolute atomic E-state index is 0.0891. The van der Waals surface area contributed by atoms with Crippen LogP contribution in [0.2, 0.25) is 0 Å². The number of hydrogen-bond donors (Lipinski definition) is 0. The van der Waals surface area contributed by atoms with E-state index in [1.54, 1.807) is 24.3 Å². The maximum atomic E-state index is 13.7. The second kappa shape index (κ2) is 6.58. The highest BCUT2D eigenvalue weighted by molar-refractivity contribution is 5.39. The second-order valence-electron chi connectivity index (χ2n) is 4.18. The molecule has 0 saturated heterocycles. The van der Waals surface area contributed by atoms with Gasteiger partial charge in [-0.05, 0) is 48.9 Å². The van der Waals surface area contributed by atoms with E-state index < -0.39 is 5.82 Å². The monoisotopic (exact) mass is 271 g/mol. The molecule has 0 aliphatic heterocycles. The lowest BCUT2D eigenvalue weighted by molar-refractivity contribution is 0.317. The number of halogens is 1. The molecule has 102 valence electrons. The minimum Gasteiger partial charge on any atom is -0.494 e. The van der Waals surface area contributed by atoms with Crippen LogP contribution in [0, 0.1) is 17.1 Å². The smallest absolute Gasteiger partial charge is 0.167 e. The Bertz CT molecular complexity index is 617. The number of nitrogens with zero attached hydrogens (tertiary/aromatic N) is 1. The van der Waals surface area contributed by atoms with Crippen molar-refractivity contribution < 1.29 is 13.9 Å². The second-order valence-corrected chi connectivity index (χ2v) is 4.18. The molecule has 4 heteroatoms. The lowest BCUT2D eigenvalue weighted by Crippen LogP contribution is -1.94. The number of hydrogen-bond acceptors (Lipinski definition) is 3. The summed E-state index contributed by atoms with van der Waals surface area (Å²) in [6, 6.07) is 12.9. The van der Waals surface area contributed by atoms with Crippen LogP contribution in [0.5, 0.6) is 17.2 Å². The summed E-state index contributed by atoms with van der Waals surface area (Å²) in [6.07, 6.45) is 0.939. The van der Waals surface area contributed by atoms with E-state index in [9.17, 15) is 4.39 Å². The Kier molecular flexibility index (Phi) is 4.56. The third-order valence-corrected chi connectivity index (χ3v) is 2.59. The van der Waals surface area contributed by atoms with Gasteiger partial charge in [-0.15, -0.1) is 0 Å². The van der Waals surface area contributed by atoms with Gasteiger partial charge < -0.3 is 9.47 Å². The van der Waals surface area contributed by atoms with Gasteiger partial charge in [-0.1, -0.05) is 6.92 Å². The molecular weight excluding hydrogens is 257 g/mol. The third-order valence-electron chi connectivity index (χ3n) is 2.59. The van der Waals surface area contributed by atoms with Crippen LogP contribution < -0.4 is 9.47 Å². The average Bonchev–Trinajstić information content (AvgIpc) is 2.48. The largest absolute Gasteiger partial charge is 0.494 e. The fourth-order valence-corrected chi connectivity index (χ4v) is 1.60. The summed E-state index contributed by atoms with van der Waals surface area (Å²) in [5.41, 5.74) is 0.262. The molecule has 0 heterocycles. The number of rotatable bonds is 5. The van der Waals surface area contributed by atoms with Crippen LogP contribution in [-0.2, 0) is 0 Å². The molecule has 0 spiro atoms. The molecule has 0 saturated carbocycles. The van der Waals surface area contributed by atoms with E-state index in [4.69, 9.17) is 14.7 Å². The predicted octanol–water partition coefficient (Wildman–Crippen LogP) is 4.28. The van der Waals surface area contributed by atoms with Crippen molar-refractivity contribution in [2.75, 3.05) is 6.61 Å². The van der Waals surface area contributed by atoms with Crippen molar-refractivity contribution in [1.29, 1.82) is 5.26 Å². The normalized spacial score (nSPS) is 9.85. The van der Waals surface area contributed by atoms with E-state index in [0.717, 1.165) is 18.2 Å². The Hall–Kier alpha value is -2.54. The van der Waals surface area contributed by atoms with Gasteiger partial charge >= 0.3 is 0 Å². The Balaban J connectivity index is 2.08. The van der Waals surface area contributed by atoms with Crippen molar-refractivity contribution in [1.82, 2.24) is 0 Å². The SMILES string of the molecule is CCCOc1ccc(Oc2ccc(C#N)cc2F)cc1. The van der Waals surface area contributed by atoms with Crippen LogP contribution in [0.15, 0.2) is 42.5 Å². The molecule has 2 aromatic rings. The molecular formula is C16H14FNO2. The Morgan fingerprint density at radius 2 is 1.80 bits per heavy atom. The van der Waals surface area contributed by atoms with E-state index in [-0.39, 0.29) is 11.3 Å². The molecule has 0 N–H and O–H groups in total. The molecule has 0 radical (unpaired) electrons. The molecule has 0 fully saturated rings. The van der Waals surface area contributed by atoms with E-state index in [2.05, 4.69) is 0 Å². The first kappa shape index (κ1) is 13.9. The Morgan fingerprint density at radius 3 is 2.40 bits per heavy atom. The summed E-state index contributed by atoms with van der Waals surface area (Å²) in [4.78, 5) is 0. The van der Waals surface area contributed by atoms with Crippen LogP contribution in [0.3, 0.4) is 0 Å². The topological polar surface area (TPSA) is 42.2 Å². The third kappa shape index (κ3) is 3.48. The fraction of sp³-hybridized carbons (Fsp3) is 0.188. The first-order chi connectivity index (χ1) is 9.72. The zero-order chi connectivity index (χ0) is 14.4. The lowest BCUT2D eigenvalue weighted by Gasteiger charge is -2.08. The lowest BCUT2D eigenvalue weighted by atomic mass is 10.2. The van der Waals surface area contributed by atoms with Gasteiger partial charge in [0.15, 0.2) is 11.6 Å². The molecule has 0 aliphatic rings. The van der Waals surface area contributed by atoms with Crippen molar-refractivity contribution >= 4 is 0 Å². The maximum Gasteiger partial charge on any atom is 0.167 e. The first-order valence-electron chi connectivity index (χ1n) is 6.33. The predicted molar refractivity (Wildman–Crippen MR) is 73.4 cm³/mol. The summed E-state index contributed by atoms with van der Waals surface area (Å²) in [6.45, 7) is 2.69. The summed E-state index contributed by atoms with van der Waals surface area (Å²) >= 11 is 0. The van der Waals surface area contributed by atoms with Crippen LogP contribution in [0.4, 0.5) is 4.39 Å². The fourth-order valence-electron chi connectivity index (χ4n) is 1.60. The summed E-state index contributed by atoms with van der Waals surface area (Å²) < 4.78 is 24.5. The molecule has 0 amide bonds. The highest BCUT2D eigenvalue weighted by Crippen LogP contribution is 2.26. The molecule has 2 rings (SSSR count). The standard InChI is InChI=1S/C16H14FNO2/c1-2-9-19-13-4-6-14(7-5-13)20-16-8-3-12(11-18)10-15(16)17/h3-8,10H,2,9H2,1H3. The minimum atomic E-state index is -0.560.